The van der Waals surface area contributed by atoms with Gasteiger partial charge >= 0.3 is 0 Å². The molecular formula is C17H23N3OS. The average Bonchev–Trinajstić information content (AvgIpc) is 2.92. The van der Waals surface area contributed by atoms with Crippen molar-refractivity contribution in [2.24, 2.45) is 7.05 Å². The number of carbonyl (C=O) groups is 1. The minimum atomic E-state index is 0.0297. The van der Waals surface area contributed by atoms with E-state index in [9.17, 15) is 4.79 Å². The maximum absolute atomic E-state index is 12.0. The average molecular weight is 317 g/mol. The van der Waals surface area contributed by atoms with E-state index in [1.807, 2.05) is 31.9 Å². The van der Waals surface area contributed by atoms with Gasteiger partial charge in [-0.3, -0.25) is 9.48 Å². The second-order valence-electron chi connectivity index (χ2n) is 5.31. The number of hydrogen-bond donors (Lipinski definition) is 1. The van der Waals surface area contributed by atoms with Gasteiger partial charge in [-0.1, -0.05) is 19.1 Å². The van der Waals surface area contributed by atoms with Crippen LogP contribution < -0.4 is 5.32 Å². The lowest BCUT2D eigenvalue weighted by molar-refractivity contribution is -0.121. The summed E-state index contributed by atoms with van der Waals surface area (Å²) < 4.78 is 1.76. The van der Waals surface area contributed by atoms with Gasteiger partial charge in [-0.2, -0.15) is 5.10 Å². The maximum Gasteiger partial charge on any atom is 0.220 e. The Kier molecular flexibility index (Phi) is 6.07. The van der Waals surface area contributed by atoms with Crippen LogP contribution in [0.3, 0.4) is 0 Å². The zero-order valence-electron chi connectivity index (χ0n) is 13.4. The molecule has 2 rings (SSSR count). The Morgan fingerprint density at radius 3 is 2.68 bits per heavy atom. The Morgan fingerprint density at radius 1 is 1.36 bits per heavy atom. The number of aryl methyl sites for hydroxylation is 2. The van der Waals surface area contributed by atoms with Crippen LogP contribution in [0.1, 0.15) is 37.4 Å². The van der Waals surface area contributed by atoms with Crippen molar-refractivity contribution in [1.29, 1.82) is 0 Å². The van der Waals surface area contributed by atoms with E-state index in [0.717, 1.165) is 23.3 Å². The summed E-state index contributed by atoms with van der Waals surface area (Å²) in [5, 5.41) is 7.16. The van der Waals surface area contributed by atoms with Gasteiger partial charge in [0.1, 0.15) is 0 Å². The summed E-state index contributed by atoms with van der Waals surface area (Å²) in [7, 11) is 1.88. The second kappa shape index (κ2) is 8.03. The molecule has 0 aliphatic rings. The molecule has 0 unspecified atom stereocenters. The Bertz CT molecular complexity index is 607. The topological polar surface area (TPSA) is 46.9 Å². The van der Waals surface area contributed by atoms with Gasteiger partial charge < -0.3 is 5.32 Å². The van der Waals surface area contributed by atoms with Crippen molar-refractivity contribution >= 4 is 17.7 Å². The van der Waals surface area contributed by atoms with Crippen LogP contribution in [0.25, 0.3) is 0 Å². The Hall–Kier alpha value is -1.75. The van der Waals surface area contributed by atoms with E-state index in [0.29, 0.717) is 6.42 Å². The fraction of sp³-hybridized carbons (Fsp3) is 0.412. The number of benzene rings is 1. The fourth-order valence-corrected chi connectivity index (χ4v) is 2.94. The molecule has 1 N–H and O–H groups in total. The molecule has 0 aliphatic heterocycles. The van der Waals surface area contributed by atoms with Crippen LogP contribution in [0.15, 0.2) is 41.6 Å². The zero-order valence-corrected chi connectivity index (χ0v) is 14.2. The van der Waals surface area contributed by atoms with Crippen molar-refractivity contribution in [3.8, 4) is 0 Å². The number of amides is 1. The highest BCUT2D eigenvalue weighted by molar-refractivity contribution is 7.99. The lowest BCUT2D eigenvalue weighted by atomic mass is 10.1. The molecule has 1 atom stereocenters. The highest BCUT2D eigenvalue weighted by Crippen LogP contribution is 2.20. The molecule has 0 aliphatic carbocycles. The third-order valence-electron chi connectivity index (χ3n) is 3.47. The summed E-state index contributed by atoms with van der Waals surface area (Å²) in [6, 6.07) is 8.43. The van der Waals surface area contributed by atoms with Crippen molar-refractivity contribution < 1.29 is 4.79 Å². The first-order chi connectivity index (χ1) is 10.6. The van der Waals surface area contributed by atoms with Gasteiger partial charge in [-0.05, 0) is 42.4 Å². The fourth-order valence-electron chi connectivity index (χ4n) is 2.28. The molecule has 1 aromatic heterocycles. The highest BCUT2D eigenvalue weighted by Gasteiger charge is 2.10. The SMILES string of the molecule is CCSc1ccc([C@@H](C)NC(=O)CCc2cnn(C)c2)cc1. The summed E-state index contributed by atoms with van der Waals surface area (Å²) in [5.41, 5.74) is 2.22. The van der Waals surface area contributed by atoms with Crippen LogP contribution in [0.2, 0.25) is 0 Å². The van der Waals surface area contributed by atoms with E-state index in [-0.39, 0.29) is 11.9 Å². The predicted octanol–water partition coefficient (Wildman–Crippen LogP) is 3.34. The van der Waals surface area contributed by atoms with E-state index < -0.39 is 0 Å². The van der Waals surface area contributed by atoms with Crippen molar-refractivity contribution in [3.05, 3.63) is 47.8 Å². The molecule has 4 nitrogen and oxygen atoms in total. The highest BCUT2D eigenvalue weighted by atomic mass is 32.2. The predicted molar refractivity (Wildman–Crippen MR) is 90.9 cm³/mol. The molecule has 0 spiro atoms. The Balaban J connectivity index is 1.82. The molecule has 1 heterocycles. The van der Waals surface area contributed by atoms with Gasteiger partial charge in [0.15, 0.2) is 0 Å². The van der Waals surface area contributed by atoms with E-state index in [1.165, 1.54) is 4.90 Å². The van der Waals surface area contributed by atoms with Crippen LogP contribution in [0, 0.1) is 0 Å². The van der Waals surface area contributed by atoms with Crippen molar-refractivity contribution in [2.45, 2.75) is 37.6 Å². The van der Waals surface area contributed by atoms with Gasteiger partial charge in [-0.15, -0.1) is 11.8 Å². The van der Waals surface area contributed by atoms with Crippen LogP contribution in [-0.2, 0) is 18.3 Å². The number of nitrogens with zero attached hydrogens (tertiary/aromatic N) is 2. The summed E-state index contributed by atoms with van der Waals surface area (Å²) in [6.45, 7) is 4.16. The molecule has 1 amide bonds. The molecule has 22 heavy (non-hydrogen) atoms. The summed E-state index contributed by atoms with van der Waals surface area (Å²) in [6.07, 6.45) is 4.96. The smallest absolute Gasteiger partial charge is 0.220 e. The lowest BCUT2D eigenvalue weighted by Crippen LogP contribution is -2.26. The number of hydrogen-bond acceptors (Lipinski definition) is 3. The van der Waals surface area contributed by atoms with Gasteiger partial charge in [0.25, 0.3) is 0 Å². The molecule has 0 saturated carbocycles. The van der Waals surface area contributed by atoms with Crippen molar-refractivity contribution in [1.82, 2.24) is 15.1 Å². The molecule has 0 bridgehead atoms. The van der Waals surface area contributed by atoms with Gasteiger partial charge in [0.05, 0.1) is 12.2 Å². The molecule has 5 heteroatoms. The third kappa shape index (κ3) is 4.91. The van der Waals surface area contributed by atoms with E-state index in [2.05, 4.69) is 41.6 Å². The lowest BCUT2D eigenvalue weighted by Gasteiger charge is -2.14. The summed E-state index contributed by atoms with van der Waals surface area (Å²) >= 11 is 1.82. The molecule has 2 aromatic rings. The third-order valence-corrected chi connectivity index (χ3v) is 4.36. The van der Waals surface area contributed by atoms with Gasteiger partial charge in [-0.25, -0.2) is 0 Å². The number of thioether (sulfide) groups is 1. The quantitative estimate of drug-likeness (QED) is 0.797. The molecule has 0 radical (unpaired) electrons. The minimum absolute atomic E-state index is 0.0297. The van der Waals surface area contributed by atoms with Crippen LogP contribution in [-0.4, -0.2) is 21.4 Å². The number of carbonyl (C=O) groups excluding carboxylic acids is 1. The van der Waals surface area contributed by atoms with Gasteiger partial charge in [0.2, 0.25) is 5.91 Å². The van der Waals surface area contributed by atoms with E-state index in [1.54, 1.807) is 10.9 Å². The van der Waals surface area contributed by atoms with Crippen LogP contribution >= 0.6 is 11.8 Å². The molecule has 118 valence electrons. The first-order valence-corrected chi connectivity index (χ1v) is 8.56. The molecule has 1 aromatic carbocycles. The summed E-state index contributed by atoms with van der Waals surface area (Å²) in [5.74, 6) is 1.14. The summed E-state index contributed by atoms with van der Waals surface area (Å²) in [4.78, 5) is 13.3. The standard InChI is InChI=1S/C17H23N3OS/c1-4-22-16-8-6-15(7-9-16)13(2)19-17(21)10-5-14-11-18-20(3)12-14/h6-9,11-13H,4-5,10H2,1-3H3,(H,19,21)/t13-/m1/s1. The largest absolute Gasteiger partial charge is 0.350 e. The second-order valence-corrected chi connectivity index (χ2v) is 6.65. The maximum atomic E-state index is 12.0. The van der Waals surface area contributed by atoms with E-state index in [4.69, 9.17) is 0 Å². The Labute approximate surface area is 136 Å². The normalized spacial score (nSPS) is 12.1. The Morgan fingerprint density at radius 2 is 2.09 bits per heavy atom. The van der Waals surface area contributed by atoms with Crippen LogP contribution in [0.4, 0.5) is 0 Å². The van der Waals surface area contributed by atoms with Crippen LogP contribution in [0.5, 0.6) is 0 Å². The number of rotatable bonds is 7. The van der Waals surface area contributed by atoms with E-state index >= 15 is 0 Å². The monoisotopic (exact) mass is 317 g/mol. The number of aromatic nitrogens is 2. The van der Waals surface area contributed by atoms with Crippen molar-refractivity contribution in [2.75, 3.05) is 5.75 Å². The molecular weight excluding hydrogens is 294 g/mol. The first-order valence-electron chi connectivity index (χ1n) is 7.58. The minimum Gasteiger partial charge on any atom is -0.350 e. The van der Waals surface area contributed by atoms with Gasteiger partial charge in [0, 0.05) is 24.6 Å². The molecule has 0 fully saturated rings. The first kappa shape index (κ1) is 16.6. The molecule has 0 saturated heterocycles. The van der Waals surface area contributed by atoms with Crippen molar-refractivity contribution in [3.63, 3.8) is 0 Å². The zero-order chi connectivity index (χ0) is 15.9. The number of nitrogens with one attached hydrogen (secondary N) is 1.